The van der Waals surface area contributed by atoms with Crippen LogP contribution in [0.1, 0.15) is 11.7 Å². The lowest BCUT2D eigenvalue weighted by molar-refractivity contribution is 0.104. The van der Waals surface area contributed by atoms with Gasteiger partial charge in [0, 0.05) is 13.1 Å². The molecule has 1 fully saturated rings. The molecular weight excluding hydrogens is 258 g/mol. The van der Waals surface area contributed by atoms with Crippen molar-refractivity contribution in [2.24, 2.45) is 0 Å². The van der Waals surface area contributed by atoms with Crippen LogP contribution in [0.3, 0.4) is 0 Å². The van der Waals surface area contributed by atoms with E-state index in [1.165, 1.54) is 16.4 Å². The zero-order chi connectivity index (χ0) is 9.42. The van der Waals surface area contributed by atoms with Crippen LogP contribution < -0.4 is 0 Å². The molecule has 0 saturated carbocycles. The first-order chi connectivity index (χ1) is 6.16. The van der Waals surface area contributed by atoms with Crippen LogP contribution in [0.15, 0.2) is 3.92 Å². The lowest BCUT2D eigenvalue weighted by atomic mass is 10.0. The first-order valence-electron chi connectivity index (χ1n) is 3.64. The molecule has 13 heavy (non-hydrogen) atoms. The molecule has 1 amide bonds. The fraction of sp³-hybridized carbons (Fsp3) is 0.500. The van der Waals surface area contributed by atoms with Crippen LogP contribution in [-0.2, 0) is 0 Å². The average Bonchev–Trinajstić information content (AvgIpc) is 2.31. The highest BCUT2D eigenvalue weighted by molar-refractivity contribution is 9.11. The monoisotopic (exact) mass is 263 g/mol. The van der Waals surface area contributed by atoms with Gasteiger partial charge in [0.15, 0.2) is 3.92 Å². The van der Waals surface area contributed by atoms with E-state index in [9.17, 15) is 4.79 Å². The molecule has 1 aromatic heterocycles. The molecule has 1 aromatic rings. The van der Waals surface area contributed by atoms with E-state index < -0.39 is 6.09 Å². The number of halogens is 1. The highest BCUT2D eigenvalue weighted by atomic mass is 79.9. The van der Waals surface area contributed by atoms with Crippen molar-refractivity contribution in [1.29, 1.82) is 0 Å². The number of amides is 1. The SMILES string of the molecule is O=C(O)N1CC(c2nsc(Br)n2)C1. The molecule has 0 aliphatic carbocycles. The third-order valence-electron chi connectivity index (χ3n) is 1.93. The molecule has 5 nitrogen and oxygen atoms in total. The number of carboxylic acid groups (broad SMARTS) is 1. The molecule has 7 heteroatoms. The smallest absolute Gasteiger partial charge is 0.407 e. The molecule has 2 heterocycles. The average molecular weight is 264 g/mol. The van der Waals surface area contributed by atoms with Crippen LogP contribution in [0.4, 0.5) is 4.79 Å². The van der Waals surface area contributed by atoms with E-state index in [0.717, 1.165) is 9.74 Å². The van der Waals surface area contributed by atoms with Gasteiger partial charge in [0.25, 0.3) is 0 Å². The van der Waals surface area contributed by atoms with Gasteiger partial charge in [-0.2, -0.15) is 4.37 Å². The Hall–Kier alpha value is -0.690. The van der Waals surface area contributed by atoms with Crippen molar-refractivity contribution < 1.29 is 9.90 Å². The number of carbonyl (C=O) groups is 1. The number of aromatic nitrogens is 2. The van der Waals surface area contributed by atoms with Gasteiger partial charge in [-0.15, -0.1) is 0 Å². The fourth-order valence-electron chi connectivity index (χ4n) is 1.18. The van der Waals surface area contributed by atoms with Crippen LogP contribution in [0.5, 0.6) is 0 Å². The maximum atomic E-state index is 10.4. The van der Waals surface area contributed by atoms with Gasteiger partial charge in [-0.05, 0) is 27.5 Å². The zero-order valence-electron chi connectivity index (χ0n) is 6.47. The molecule has 1 N–H and O–H groups in total. The van der Waals surface area contributed by atoms with E-state index in [2.05, 4.69) is 25.3 Å². The summed E-state index contributed by atoms with van der Waals surface area (Å²) in [5.74, 6) is 0.924. The van der Waals surface area contributed by atoms with E-state index in [4.69, 9.17) is 5.11 Å². The molecule has 1 aliphatic heterocycles. The largest absolute Gasteiger partial charge is 0.465 e. The maximum absolute atomic E-state index is 10.4. The van der Waals surface area contributed by atoms with Crippen LogP contribution >= 0.6 is 27.5 Å². The summed E-state index contributed by atoms with van der Waals surface area (Å²) in [7, 11) is 0. The molecule has 1 aliphatic rings. The third-order valence-corrected chi connectivity index (χ3v) is 3.07. The zero-order valence-corrected chi connectivity index (χ0v) is 8.88. The van der Waals surface area contributed by atoms with E-state index >= 15 is 0 Å². The van der Waals surface area contributed by atoms with Gasteiger partial charge >= 0.3 is 6.09 Å². The number of nitrogens with zero attached hydrogens (tertiary/aromatic N) is 3. The first kappa shape index (κ1) is 8.89. The second-order valence-electron chi connectivity index (χ2n) is 2.79. The Kier molecular flexibility index (Phi) is 2.20. The van der Waals surface area contributed by atoms with Crippen molar-refractivity contribution in [3.05, 3.63) is 9.74 Å². The van der Waals surface area contributed by atoms with Crippen molar-refractivity contribution >= 4 is 33.6 Å². The van der Waals surface area contributed by atoms with E-state index in [1.54, 1.807) is 0 Å². The van der Waals surface area contributed by atoms with Crippen molar-refractivity contribution in [2.75, 3.05) is 13.1 Å². The van der Waals surface area contributed by atoms with Crippen molar-refractivity contribution in [3.8, 4) is 0 Å². The van der Waals surface area contributed by atoms with Gasteiger partial charge in [0.05, 0.1) is 5.92 Å². The standard InChI is InChI=1S/C6H6BrN3O2S/c7-5-8-4(9-13-5)3-1-10(2-3)6(11)12/h3H,1-2H2,(H,11,12). The molecule has 0 atom stereocenters. The van der Waals surface area contributed by atoms with E-state index in [-0.39, 0.29) is 5.92 Å². The number of hydrogen-bond acceptors (Lipinski definition) is 4. The Balaban J connectivity index is 1.97. The first-order valence-corrected chi connectivity index (χ1v) is 5.20. The molecule has 0 radical (unpaired) electrons. The lowest BCUT2D eigenvalue weighted by Gasteiger charge is -2.35. The molecule has 0 aromatic carbocycles. The summed E-state index contributed by atoms with van der Waals surface area (Å²) < 4.78 is 4.84. The summed E-state index contributed by atoms with van der Waals surface area (Å²) >= 11 is 4.49. The highest BCUT2D eigenvalue weighted by Crippen LogP contribution is 2.26. The van der Waals surface area contributed by atoms with E-state index in [1.807, 2.05) is 0 Å². The van der Waals surface area contributed by atoms with Crippen molar-refractivity contribution in [2.45, 2.75) is 5.92 Å². The Morgan fingerprint density at radius 2 is 2.38 bits per heavy atom. The summed E-state index contributed by atoms with van der Waals surface area (Å²) in [4.78, 5) is 15.9. The molecule has 1 saturated heterocycles. The minimum atomic E-state index is -0.870. The molecule has 2 rings (SSSR count). The molecule has 0 spiro atoms. The summed E-state index contributed by atoms with van der Waals surface area (Å²) in [6.07, 6.45) is -0.870. The Morgan fingerprint density at radius 3 is 2.85 bits per heavy atom. The second-order valence-corrected chi connectivity index (χ2v) is 4.82. The van der Waals surface area contributed by atoms with Gasteiger partial charge in [-0.25, -0.2) is 9.78 Å². The van der Waals surface area contributed by atoms with Gasteiger partial charge in [0.1, 0.15) is 5.82 Å². The molecule has 0 bridgehead atoms. The van der Waals surface area contributed by atoms with Crippen LogP contribution in [0, 0.1) is 0 Å². The Bertz CT molecular complexity index is 336. The molecule has 70 valence electrons. The predicted octanol–water partition coefficient (Wildman–Crippen LogP) is 1.38. The summed E-state index contributed by atoms with van der Waals surface area (Å²) in [5, 5.41) is 8.58. The molecular formula is C6H6BrN3O2S. The minimum absolute atomic E-state index is 0.179. The summed E-state index contributed by atoms with van der Waals surface area (Å²) in [5.41, 5.74) is 0. The topological polar surface area (TPSA) is 66.3 Å². The van der Waals surface area contributed by atoms with Crippen molar-refractivity contribution in [1.82, 2.24) is 14.3 Å². The van der Waals surface area contributed by atoms with Gasteiger partial charge in [0.2, 0.25) is 0 Å². The van der Waals surface area contributed by atoms with Crippen LogP contribution in [0.2, 0.25) is 0 Å². The Labute approximate surface area is 86.7 Å². The number of rotatable bonds is 1. The minimum Gasteiger partial charge on any atom is -0.465 e. The maximum Gasteiger partial charge on any atom is 0.407 e. The Morgan fingerprint density at radius 1 is 1.69 bits per heavy atom. The summed E-state index contributed by atoms with van der Waals surface area (Å²) in [6, 6.07) is 0. The predicted molar refractivity (Wildman–Crippen MR) is 49.9 cm³/mol. The van der Waals surface area contributed by atoms with Gasteiger partial charge in [-0.3, -0.25) is 0 Å². The van der Waals surface area contributed by atoms with E-state index in [0.29, 0.717) is 13.1 Å². The third kappa shape index (κ3) is 1.66. The van der Waals surface area contributed by atoms with Gasteiger partial charge < -0.3 is 10.0 Å². The normalized spacial score (nSPS) is 17.2. The van der Waals surface area contributed by atoms with Crippen LogP contribution in [0.25, 0.3) is 0 Å². The van der Waals surface area contributed by atoms with Crippen LogP contribution in [-0.4, -0.2) is 38.5 Å². The van der Waals surface area contributed by atoms with Gasteiger partial charge in [-0.1, -0.05) is 0 Å². The fourth-order valence-corrected chi connectivity index (χ4v) is 2.07. The summed E-state index contributed by atoms with van der Waals surface area (Å²) in [6.45, 7) is 1.02. The molecule has 0 unspecified atom stereocenters. The quantitative estimate of drug-likeness (QED) is 0.832. The van der Waals surface area contributed by atoms with Crippen molar-refractivity contribution in [3.63, 3.8) is 0 Å². The number of hydrogen-bond donors (Lipinski definition) is 1. The second kappa shape index (κ2) is 3.22. The number of likely N-dealkylation sites (tertiary alicyclic amines) is 1. The highest BCUT2D eigenvalue weighted by Gasteiger charge is 2.34. The lowest BCUT2D eigenvalue weighted by Crippen LogP contribution is -2.48.